The zero-order valence-electron chi connectivity index (χ0n) is 18.2. The smallest absolute Gasteiger partial charge is 0.251 e. The van der Waals surface area contributed by atoms with E-state index in [-0.39, 0.29) is 18.3 Å². The molecule has 0 fully saturated rings. The third-order valence-electron chi connectivity index (χ3n) is 5.58. The number of halogens is 2. The Balaban J connectivity index is 1.53. The van der Waals surface area contributed by atoms with E-state index >= 15 is 0 Å². The van der Waals surface area contributed by atoms with Gasteiger partial charge in [0.05, 0.1) is 11.4 Å². The number of anilines is 2. The van der Waals surface area contributed by atoms with Crippen molar-refractivity contribution in [2.24, 2.45) is 0 Å². The van der Waals surface area contributed by atoms with Crippen molar-refractivity contribution in [2.45, 2.75) is 13.0 Å². The van der Waals surface area contributed by atoms with Crippen LogP contribution >= 0.6 is 0 Å². The average Bonchev–Trinajstić information content (AvgIpc) is 3.33. The molecule has 34 heavy (non-hydrogen) atoms. The van der Waals surface area contributed by atoms with Gasteiger partial charge in [-0.15, -0.1) is 0 Å². The van der Waals surface area contributed by atoms with Gasteiger partial charge in [-0.3, -0.25) is 9.69 Å². The van der Waals surface area contributed by atoms with Crippen LogP contribution in [-0.2, 0) is 4.79 Å². The van der Waals surface area contributed by atoms with Crippen LogP contribution in [0.1, 0.15) is 22.7 Å². The molecule has 5 rings (SSSR count). The van der Waals surface area contributed by atoms with E-state index < -0.39 is 17.5 Å². The van der Waals surface area contributed by atoms with Crippen LogP contribution in [-0.4, -0.2) is 32.7 Å². The Labute approximate surface area is 194 Å². The molecule has 0 saturated carbocycles. The Bertz CT molecular complexity index is 1370. The monoisotopic (exact) mass is 458 g/mol. The first kappa shape index (κ1) is 21.4. The number of hydrogen-bond donors (Lipinski definition) is 1. The van der Waals surface area contributed by atoms with Gasteiger partial charge in [0.2, 0.25) is 5.91 Å². The number of aromatic nitrogens is 4. The van der Waals surface area contributed by atoms with Crippen molar-refractivity contribution in [2.75, 3.05) is 16.8 Å². The van der Waals surface area contributed by atoms with Crippen molar-refractivity contribution in [3.63, 3.8) is 0 Å². The molecule has 1 unspecified atom stereocenters. The lowest BCUT2D eigenvalue weighted by atomic mass is 10.00. The number of amides is 1. The van der Waals surface area contributed by atoms with Crippen molar-refractivity contribution in [3.8, 4) is 0 Å². The first-order chi connectivity index (χ1) is 16.5. The second-order valence-electron chi connectivity index (χ2n) is 7.96. The van der Waals surface area contributed by atoms with Crippen LogP contribution in [0.3, 0.4) is 0 Å². The summed E-state index contributed by atoms with van der Waals surface area (Å²) in [4.78, 5) is 14.6. The molecule has 170 valence electrons. The van der Waals surface area contributed by atoms with Crippen LogP contribution in [0, 0.1) is 18.6 Å². The van der Waals surface area contributed by atoms with Crippen LogP contribution in [0.15, 0.2) is 78.9 Å². The van der Waals surface area contributed by atoms with Crippen LogP contribution in [0.5, 0.6) is 0 Å². The zero-order valence-corrected chi connectivity index (χ0v) is 18.2. The average molecular weight is 458 g/mol. The van der Waals surface area contributed by atoms with Gasteiger partial charge in [-0.25, -0.2) is 8.78 Å². The van der Waals surface area contributed by atoms with E-state index in [1.54, 1.807) is 9.58 Å². The second-order valence-corrected chi connectivity index (χ2v) is 7.96. The van der Waals surface area contributed by atoms with E-state index in [2.05, 4.69) is 20.8 Å². The third kappa shape index (κ3) is 4.15. The highest BCUT2D eigenvalue weighted by Crippen LogP contribution is 2.36. The maximum absolute atomic E-state index is 14.1. The van der Waals surface area contributed by atoms with Crippen molar-refractivity contribution >= 4 is 23.2 Å². The molecule has 1 aromatic heterocycles. The normalized spacial score (nSPS) is 15.0. The molecule has 1 amide bonds. The van der Waals surface area contributed by atoms with Crippen molar-refractivity contribution < 1.29 is 13.6 Å². The number of aryl methyl sites for hydroxylation is 1. The van der Waals surface area contributed by atoms with E-state index in [9.17, 15) is 13.6 Å². The molecule has 7 nitrogen and oxygen atoms in total. The SMILES string of the molecule is Cc1ccc(C2C=C(c3ccccc3)N(CC(=O)Nc3cc(F)ccc3F)c3nnnn32)cc1. The first-order valence-electron chi connectivity index (χ1n) is 10.6. The number of benzene rings is 3. The number of carbonyl (C=O) groups excluding carboxylic acids is 1. The Morgan fingerprint density at radius 3 is 2.56 bits per heavy atom. The summed E-state index contributed by atoms with van der Waals surface area (Å²) in [5.74, 6) is -1.56. The fourth-order valence-electron chi connectivity index (χ4n) is 3.91. The van der Waals surface area contributed by atoms with E-state index in [1.165, 1.54) is 0 Å². The summed E-state index contributed by atoms with van der Waals surface area (Å²) in [5, 5.41) is 14.6. The Morgan fingerprint density at radius 2 is 1.79 bits per heavy atom. The van der Waals surface area contributed by atoms with Gasteiger partial charge in [-0.05, 0) is 46.7 Å². The molecule has 1 atom stereocenters. The maximum Gasteiger partial charge on any atom is 0.251 e. The Morgan fingerprint density at radius 1 is 1.03 bits per heavy atom. The summed E-state index contributed by atoms with van der Waals surface area (Å²) < 4.78 is 29.3. The number of carbonyl (C=O) groups is 1. The van der Waals surface area contributed by atoms with Crippen molar-refractivity contribution in [3.05, 3.63) is 107 Å². The summed E-state index contributed by atoms with van der Waals surface area (Å²) in [6.07, 6.45) is 1.99. The minimum Gasteiger partial charge on any atom is -0.322 e. The summed E-state index contributed by atoms with van der Waals surface area (Å²) >= 11 is 0. The van der Waals surface area contributed by atoms with E-state index in [1.807, 2.05) is 67.6 Å². The predicted octanol–water partition coefficient (Wildman–Crippen LogP) is 4.35. The van der Waals surface area contributed by atoms with Crippen molar-refractivity contribution in [1.29, 1.82) is 0 Å². The highest BCUT2D eigenvalue weighted by Gasteiger charge is 2.32. The molecule has 0 spiro atoms. The highest BCUT2D eigenvalue weighted by atomic mass is 19.1. The minimum absolute atomic E-state index is 0.211. The van der Waals surface area contributed by atoms with Crippen LogP contribution < -0.4 is 10.2 Å². The highest BCUT2D eigenvalue weighted by molar-refractivity contribution is 5.97. The zero-order chi connectivity index (χ0) is 23.7. The number of rotatable bonds is 5. The van der Waals surface area contributed by atoms with Gasteiger partial charge < -0.3 is 5.32 Å². The molecule has 3 aromatic carbocycles. The number of hydrogen-bond acceptors (Lipinski definition) is 5. The number of nitrogens with one attached hydrogen (secondary N) is 1. The van der Waals surface area contributed by atoms with E-state index in [0.29, 0.717) is 5.95 Å². The minimum atomic E-state index is -0.725. The summed E-state index contributed by atoms with van der Waals surface area (Å²) in [6, 6.07) is 20.2. The van der Waals surface area contributed by atoms with Gasteiger partial charge in [0, 0.05) is 6.07 Å². The van der Waals surface area contributed by atoms with Crippen LogP contribution in [0.4, 0.5) is 20.4 Å². The van der Waals surface area contributed by atoms with Crippen molar-refractivity contribution in [1.82, 2.24) is 20.2 Å². The first-order valence-corrected chi connectivity index (χ1v) is 10.6. The summed E-state index contributed by atoms with van der Waals surface area (Å²) in [7, 11) is 0. The molecule has 0 radical (unpaired) electrons. The molecule has 2 heterocycles. The van der Waals surface area contributed by atoms with E-state index in [0.717, 1.165) is 40.6 Å². The number of tetrazole rings is 1. The molecule has 1 aliphatic heterocycles. The molecule has 0 bridgehead atoms. The molecule has 0 aliphatic carbocycles. The molecule has 1 N–H and O–H groups in total. The molecule has 4 aromatic rings. The lowest BCUT2D eigenvalue weighted by molar-refractivity contribution is -0.114. The number of fused-ring (bicyclic) bond motifs is 1. The Hall–Kier alpha value is -4.40. The lowest BCUT2D eigenvalue weighted by Crippen LogP contribution is -2.37. The summed E-state index contributed by atoms with van der Waals surface area (Å²) in [5.41, 5.74) is 3.47. The van der Waals surface area contributed by atoms with Gasteiger partial charge in [0.15, 0.2) is 0 Å². The van der Waals surface area contributed by atoms with Crippen LogP contribution in [0.25, 0.3) is 5.70 Å². The largest absolute Gasteiger partial charge is 0.322 e. The van der Waals surface area contributed by atoms with Crippen LogP contribution in [0.2, 0.25) is 0 Å². The molecule has 9 heteroatoms. The fourth-order valence-corrected chi connectivity index (χ4v) is 3.91. The van der Waals surface area contributed by atoms with E-state index in [4.69, 9.17) is 0 Å². The van der Waals surface area contributed by atoms with Gasteiger partial charge in [0.1, 0.15) is 24.2 Å². The molecular weight excluding hydrogens is 438 g/mol. The lowest BCUT2D eigenvalue weighted by Gasteiger charge is -2.32. The summed E-state index contributed by atoms with van der Waals surface area (Å²) in [6.45, 7) is 1.80. The van der Waals surface area contributed by atoms with Gasteiger partial charge in [0.25, 0.3) is 5.95 Å². The third-order valence-corrected chi connectivity index (χ3v) is 5.58. The fraction of sp³-hybridized carbons (Fsp3) is 0.120. The second kappa shape index (κ2) is 8.86. The quantitative estimate of drug-likeness (QED) is 0.481. The number of allylic oxidation sites excluding steroid dienone is 1. The molecule has 0 saturated heterocycles. The van der Waals surface area contributed by atoms with Gasteiger partial charge >= 0.3 is 0 Å². The predicted molar refractivity (Wildman–Crippen MR) is 124 cm³/mol. The number of nitrogens with zero attached hydrogens (tertiary/aromatic N) is 5. The Kier molecular flexibility index (Phi) is 5.59. The topological polar surface area (TPSA) is 75.9 Å². The molecular formula is C25H20F2N6O. The standard InChI is InChI=1S/C25H20F2N6O/c1-16-7-9-18(10-8-16)23-14-22(17-5-3-2-4-6-17)32(25-29-30-31-33(23)25)15-24(34)28-21-13-19(26)11-12-20(21)27/h2-14,23H,15H2,1H3,(H,28,34). The van der Waals surface area contributed by atoms with Gasteiger partial charge in [-0.1, -0.05) is 65.3 Å². The maximum atomic E-state index is 14.1. The molecule has 1 aliphatic rings. The van der Waals surface area contributed by atoms with Gasteiger partial charge in [-0.2, -0.15) is 4.68 Å².